The van der Waals surface area contributed by atoms with Crippen LogP contribution in [-0.2, 0) is 26.8 Å². The summed E-state index contributed by atoms with van der Waals surface area (Å²) in [6, 6.07) is 27.6. The lowest BCUT2D eigenvalue weighted by Gasteiger charge is -2.20. The monoisotopic (exact) mass is 500 g/mol. The first-order chi connectivity index (χ1) is 17.6. The van der Waals surface area contributed by atoms with Gasteiger partial charge in [0.15, 0.2) is 5.76 Å². The van der Waals surface area contributed by atoms with Crippen LogP contribution < -0.4 is 20.6 Å². The molecule has 182 valence electrons. The van der Waals surface area contributed by atoms with Crippen molar-refractivity contribution in [2.75, 3.05) is 0 Å². The lowest BCUT2D eigenvalue weighted by molar-refractivity contribution is 0.142. The molecule has 1 aliphatic carbocycles. The van der Waals surface area contributed by atoms with Crippen molar-refractivity contribution < 1.29 is 22.6 Å². The van der Waals surface area contributed by atoms with Gasteiger partial charge in [-0.1, -0.05) is 97.1 Å². The molecule has 3 aromatic carbocycles. The van der Waals surface area contributed by atoms with Crippen LogP contribution in [0.3, 0.4) is 0 Å². The molecule has 0 atom stereocenters. The first-order valence-corrected chi connectivity index (χ1v) is 13.2. The van der Waals surface area contributed by atoms with Gasteiger partial charge in [-0.3, -0.25) is 13.8 Å². The molecule has 1 heterocycles. The highest BCUT2D eigenvalue weighted by molar-refractivity contribution is 7.48. The third-order valence-electron chi connectivity index (χ3n) is 5.68. The van der Waals surface area contributed by atoms with Crippen molar-refractivity contribution >= 4 is 20.0 Å². The van der Waals surface area contributed by atoms with Gasteiger partial charge in [0.25, 0.3) is 0 Å². The van der Waals surface area contributed by atoms with Crippen LogP contribution in [-0.4, -0.2) is 0 Å². The zero-order valence-corrected chi connectivity index (χ0v) is 20.4. The predicted octanol–water partition coefficient (Wildman–Crippen LogP) is 5.58. The number of phosphoric ester groups is 1. The molecule has 1 aromatic heterocycles. The summed E-state index contributed by atoms with van der Waals surface area (Å²) in [5, 5.41) is 0.383. The van der Waals surface area contributed by atoms with Crippen molar-refractivity contribution in [1.29, 1.82) is 0 Å². The predicted molar refractivity (Wildman–Crippen MR) is 139 cm³/mol. The van der Waals surface area contributed by atoms with E-state index in [1.54, 1.807) is 12.1 Å². The molecule has 4 aromatic rings. The van der Waals surface area contributed by atoms with Crippen LogP contribution in [0, 0.1) is 0 Å². The zero-order valence-electron chi connectivity index (χ0n) is 19.5. The van der Waals surface area contributed by atoms with Gasteiger partial charge in [0, 0.05) is 5.56 Å². The number of fused-ring (bicyclic) bond motifs is 1. The smallest absolute Gasteiger partial charge is 0.452 e. The summed E-state index contributed by atoms with van der Waals surface area (Å²) in [4.78, 5) is 13.6. The minimum absolute atomic E-state index is 0.0241. The average Bonchev–Trinajstić information content (AvgIpc) is 2.94. The van der Waals surface area contributed by atoms with Gasteiger partial charge in [-0.15, -0.1) is 0 Å². The fourth-order valence-electron chi connectivity index (χ4n) is 3.86. The Morgan fingerprint density at radius 1 is 0.722 bits per heavy atom. The molecule has 0 N–H and O–H groups in total. The lowest BCUT2D eigenvalue weighted by atomic mass is 10.1. The van der Waals surface area contributed by atoms with E-state index in [4.69, 9.17) is 18.0 Å². The summed E-state index contributed by atoms with van der Waals surface area (Å²) >= 11 is 0. The van der Waals surface area contributed by atoms with Gasteiger partial charge < -0.3 is 8.94 Å². The maximum atomic E-state index is 14.0. The Balaban J connectivity index is 1.56. The van der Waals surface area contributed by atoms with Gasteiger partial charge in [-0.05, 0) is 30.0 Å². The highest BCUT2D eigenvalue weighted by Gasteiger charge is 2.33. The Hall–Kier alpha value is -3.70. The standard InChI is InChI=1S/C29H25O6P/c30-27-25-18-10-11-19-26(25)34-28(24-16-8-3-9-17-24)29(27)35-36(31,32-20-22-12-4-1-5-13-22)33-21-23-14-6-2-7-15-23/h1-9,12-19H,10-11,20-21H2. The van der Waals surface area contributed by atoms with E-state index in [-0.39, 0.29) is 24.7 Å². The molecule has 1 aliphatic rings. The van der Waals surface area contributed by atoms with Crippen LogP contribution in [0.2, 0.25) is 0 Å². The summed E-state index contributed by atoms with van der Waals surface area (Å²) in [6.45, 7) is -0.0481. The van der Waals surface area contributed by atoms with E-state index in [9.17, 15) is 9.36 Å². The van der Waals surface area contributed by atoms with E-state index in [2.05, 4.69) is 0 Å². The molecule has 0 aliphatic heterocycles. The van der Waals surface area contributed by atoms with Gasteiger partial charge in [0.05, 0.1) is 18.4 Å². The summed E-state index contributed by atoms with van der Waals surface area (Å²) < 4.78 is 37.5. The highest BCUT2D eigenvalue weighted by atomic mass is 31.2. The average molecular weight is 500 g/mol. The van der Waals surface area contributed by atoms with Crippen molar-refractivity contribution in [3.63, 3.8) is 0 Å². The maximum Gasteiger partial charge on any atom is 0.530 e. The van der Waals surface area contributed by atoms with Crippen molar-refractivity contribution in [1.82, 2.24) is 0 Å². The zero-order chi connectivity index (χ0) is 24.8. The first kappa shape index (κ1) is 24.0. The fraction of sp³-hybridized carbons (Fsp3) is 0.138. The second kappa shape index (κ2) is 10.9. The molecule has 7 heteroatoms. The van der Waals surface area contributed by atoms with Gasteiger partial charge in [-0.25, -0.2) is 4.57 Å². The molecule has 0 saturated carbocycles. The van der Waals surface area contributed by atoms with Crippen molar-refractivity contribution in [2.24, 2.45) is 0 Å². The van der Waals surface area contributed by atoms with E-state index in [0.29, 0.717) is 22.6 Å². The van der Waals surface area contributed by atoms with Gasteiger partial charge >= 0.3 is 7.82 Å². The number of phosphoric acid groups is 1. The quantitative estimate of drug-likeness (QED) is 0.279. The molecule has 0 unspecified atom stereocenters. The molecule has 5 rings (SSSR count). The Morgan fingerprint density at radius 2 is 1.25 bits per heavy atom. The largest absolute Gasteiger partial charge is 0.530 e. The Labute approximate surface area is 208 Å². The highest BCUT2D eigenvalue weighted by Crippen LogP contribution is 2.51. The molecular formula is C29H25O6P. The maximum absolute atomic E-state index is 14.0. The van der Waals surface area contributed by atoms with E-state index in [1.165, 1.54) is 0 Å². The normalized spacial score (nSPS) is 12.8. The Morgan fingerprint density at radius 3 is 1.83 bits per heavy atom. The van der Waals surface area contributed by atoms with Crippen LogP contribution in [0.25, 0.3) is 23.5 Å². The Bertz CT molecular complexity index is 1500. The van der Waals surface area contributed by atoms with E-state index in [0.717, 1.165) is 17.5 Å². The van der Waals surface area contributed by atoms with Gasteiger partial charge in [0.1, 0.15) is 5.42 Å². The molecule has 0 bridgehead atoms. The van der Waals surface area contributed by atoms with Crippen LogP contribution in [0.4, 0.5) is 0 Å². The number of benzene rings is 3. The first-order valence-electron chi connectivity index (χ1n) is 11.7. The molecular weight excluding hydrogens is 475 g/mol. The topological polar surface area (TPSA) is 75.0 Å². The van der Waals surface area contributed by atoms with Crippen molar-refractivity contribution in [2.45, 2.75) is 26.1 Å². The van der Waals surface area contributed by atoms with Crippen LogP contribution in [0.5, 0.6) is 5.75 Å². The molecule has 0 amide bonds. The van der Waals surface area contributed by atoms with E-state index < -0.39 is 13.3 Å². The molecule has 0 spiro atoms. The van der Waals surface area contributed by atoms with E-state index in [1.807, 2.05) is 91.0 Å². The Kier molecular flexibility index (Phi) is 7.28. The molecule has 0 radical (unpaired) electrons. The van der Waals surface area contributed by atoms with Gasteiger partial charge in [0.2, 0.25) is 11.2 Å². The third kappa shape index (κ3) is 5.58. The minimum atomic E-state index is -4.27. The van der Waals surface area contributed by atoms with Crippen molar-refractivity contribution in [3.8, 4) is 17.1 Å². The minimum Gasteiger partial charge on any atom is -0.452 e. The van der Waals surface area contributed by atoms with Crippen LogP contribution in [0.15, 0.2) is 100 Å². The number of hydrogen-bond acceptors (Lipinski definition) is 6. The van der Waals surface area contributed by atoms with Crippen LogP contribution in [0.1, 0.15) is 24.0 Å². The number of rotatable bonds is 9. The molecule has 6 nitrogen and oxygen atoms in total. The van der Waals surface area contributed by atoms with Crippen LogP contribution >= 0.6 is 7.82 Å². The molecule has 0 saturated heterocycles. The second-order valence-corrected chi connectivity index (χ2v) is 9.87. The number of hydrogen-bond donors (Lipinski definition) is 0. The molecule has 36 heavy (non-hydrogen) atoms. The molecule has 0 fully saturated rings. The summed E-state index contributed by atoms with van der Waals surface area (Å²) in [6.07, 6.45) is 5.16. The summed E-state index contributed by atoms with van der Waals surface area (Å²) in [7, 11) is -4.27. The third-order valence-corrected chi connectivity index (χ3v) is 6.98. The van der Waals surface area contributed by atoms with E-state index >= 15 is 0 Å². The SMILES string of the molecule is O=c1c(OP(=O)(OCc2ccccc2)OCc2ccccc2)c(-c2ccccc2)oc2c1=CCCC=2. The second-order valence-electron chi connectivity index (χ2n) is 8.28. The van der Waals surface area contributed by atoms with Crippen molar-refractivity contribution in [3.05, 3.63) is 123 Å². The summed E-state index contributed by atoms with van der Waals surface area (Å²) in [5.74, 6) is -0.0197. The lowest BCUT2D eigenvalue weighted by Crippen LogP contribution is -2.40. The fourth-order valence-corrected chi connectivity index (χ4v) is 5.04. The summed E-state index contributed by atoms with van der Waals surface area (Å²) in [5.41, 5.74) is 2.24. The van der Waals surface area contributed by atoms with Gasteiger partial charge in [-0.2, -0.15) is 0 Å².